The molecule has 1 aromatic rings. The average Bonchev–Trinajstić information content (AvgIpc) is 2.56. The summed E-state index contributed by atoms with van der Waals surface area (Å²) in [6.07, 6.45) is 8.96. The molecule has 0 saturated carbocycles. The molecule has 0 amide bonds. The van der Waals surface area contributed by atoms with Crippen LogP contribution in [0.4, 0.5) is 0 Å². The Morgan fingerprint density at radius 2 is 1.94 bits per heavy atom. The summed E-state index contributed by atoms with van der Waals surface area (Å²) < 4.78 is 5.43. The zero-order valence-corrected chi connectivity index (χ0v) is 10.7. The minimum Gasteiger partial charge on any atom is -0.466 e. The molecular formula is C15H20O2. The van der Waals surface area contributed by atoms with Crippen molar-refractivity contribution in [1.29, 1.82) is 0 Å². The van der Waals surface area contributed by atoms with Gasteiger partial charge in [0.05, 0.1) is 5.56 Å². The summed E-state index contributed by atoms with van der Waals surface area (Å²) in [7, 11) is 0. The molecule has 0 aliphatic heterocycles. The highest BCUT2D eigenvalue weighted by molar-refractivity contribution is 6.09. The van der Waals surface area contributed by atoms with Crippen molar-refractivity contribution < 1.29 is 9.21 Å². The van der Waals surface area contributed by atoms with Crippen molar-refractivity contribution in [3.05, 3.63) is 34.8 Å². The van der Waals surface area contributed by atoms with E-state index in [2.05, 4.69) is 6.08 Å². The molecule has 0 aromatic carbocycles. The van der Waals surface area contributed by atoms with E-state index in [9.17, 15) is 4.79 Å². The van der Waals surface area contributed by atoms with Gasteiger partial charge in [-0.1, -0.05) is 18.9 Å². The number of carbonyl (C=O) groups is 1. The predicted molar refractivity (Wildman–Crippen MR) is 68.3 cm³/mol. The van der Waals surface area contributed by atoms with Crippen LogP contribution >= 0.6 is 0 Å². The number of Topliss-reactive ketones (excluding diaryl/α,β-unsaturated/α-hetero) is 1. The second-order valence-electron chi connectivity index (χ2n) is 4.84. The largest absolute Gasteiger partial charge is 0.466 e. The van der Waals surface area contributed by atoms with Gasteiger partial charge >= 0.3 is 0 Å². The molecule has 1 aliphatic rings. The standard InChI is InChI=1S/C15H20O2/c1-11-10-14(12(2)17-11)15(16)13-8-6-4-3-5-7-9-13/h8,10H,3-7,9H2,1-2H3. The van der Waals surface area contributed by atoms with Crippen LogP contribution in [0.1, 0.15) is 60.4 Å². The molecule has 0 radical (unpaired) electrons. The van der Waals surface area contributed by atoms with Gasteiger partial charge in [0.2, 0.25) is 0 Å². The van der Waals surface area contributed by atoms with Gasteiger partial charge in [0.15, 0.2) is 5.78 Å². The highest BCUT2D eigenvalue weighted by atomic mass is 16.3. The lowest BCUT2D eigenvalue weighted by molar-refractivity contribution is 0.102. The van der Waals surface area contributed by atoms with Crippen molar-refractivity contribution in [2.45, 2.75) is 52.4 Å². The lowest BCUT2D eigenvalue weighted by atomic mass is 9.94. The van der Waals surface area contributed by atoms with Crippen LogP contribution < -0.4 is 0 Å². The molecule has 2 rings (SSSR count). The van der Waals surface area contributed by atoms with E-state index in [4.69, 9.17) is 4.42 Å². The van der Waals surface area contributed by atoms with Crippen LogP contribution in [-0.4, -0.2) is 5.78 Å². The maximum Gasteiger partial charge on any atom is 0.192 e. The highest BCUT2D eigenvalue weighted by Gasteiger charge is 2.17. The van der Waals surface area contributed by atoms with Crippen LogP contribution in [0, 0.1) is 13.8 Å². The van der Waals surface area contributed by atoms with Gasteiger partial charge in [0, 0.05) is 0 Å². The Bertz CT molecular complexity index is 438. The summed E-state index contributed by atoms with van der Waals surface area (Å²) >= 11 is 0. The quantitative estimate of drug-likeness (QED) is 0.709. The molecule has 0 saturated heterocycles. The molecule has 0 bridgehead atoms. The van der Waals surface area contributed by atoms with E-state index >= 15 is 0 Å². The fraction of sp³-hybridized carbons (Fsp3) is 0.533. The first-order valence-electron chi connectivity index (χ1n) is 6.49. The van der Waals surface area contributed by atoms with E-state index < -0.39 is 0 Å². The van der Waals surface area contributed by atoms with E-state index in [-0.39, 0.29) is 5.78 Å². The van der Waals surface area contributed by atoms with Gasteiger partial charge in [-0.15, -0.1) is 0 Å². The molecule has 1 heterocycles. The Morgan fingerprint density at radius 3 is 2.65 bits per heavy atom. The monoisotopic (exact) mass is 232 g/mol. The second kappa shape index (κ2) is 5.35. The van der Waals surface area contributed by atoms with Crippen LogP contribution in [0.5, 0.6) is 0 Å². The normalized spacial score (nSPS) is 17.2. The van der Waals surface area contributed by atoms with E-state index in [0.717, 1.165) is 41.9 Å². The molecule has 2 heteroatoms. The fourth-order valence-corrected chi connectivity index (χ4v) is 2.43. The maximum atomic E-state index is 12.4. The van der Waals surface area contributed by atoms with Crippen LogP contribution in [0.15, 0.2) is 22.1 Å². The first-order valence-corrected chi connectivity index (χ1v) is 6.49. The summed E-state index contributed by atoms with van der Waals surface area (Å²) in [4.78, 5) is 12.4. The average molecular weight is 232 g/mol. The number of furan rings is 1. The molecular weight excluding hydrogens is 212 g/mol. The summed E-state index contributed by atoms with van der Waals surface area (Å²) in [5, 5.41) is 0. The number of hydrogen-bond acceptors (Lipinski definition) is 2. The van der Waals surface area contributed by atoms with E-state index in [1.807, 2.05) is 19.9 Å². The van der Waals surface area contributed by atoms with Crippen LogP contribution in [0.25, 0.3) is 0 Å². The van der Waals surface area contributed by atoms with Gasteiger partial charge in [-0.05, 0) is 51.2 Å². The van der Waals surface area contributed by atoms with Gasteiger partial charge in [-0.3, -0.25) is 4.79 Å². The summed E-state index contributed by atoms with van der Waals surface area (Å²) in [6.45, 7) is 3.75. The number of allylic oxidation sites excluding steroid dienone is 2. The van der Waals surface area contributed by atoms with Crippen molar-refractivity contribution in [2.24, 2.45) is 0 Å². The molecule has 0 atom stereocenters. The summed E-state index contributed by atoms with van der Waals surface area (Å²) in [6, 6.07) is 1.86. The van der Waals surface area contributed by atoms with Crippen LogP contribution in [0.2, 0.25) is 0 Å². The Morgan fingerprint density at radius 1 is 1.18 bits per heavy atom. The number of hydrogen-bond donors (Lipinski definition) is 0. The number of rotatable bonds is 2. The second-order valence-corrected chi connectivity index (χ2v) is 4.84. The van der Waals surface area contributed by atoms with Crippen LogP contribution in [0.3, 0.4) is 0 Å². The molecule has 1 aromatic heterocycles. The summed E-state index contributed by atoms with van der Waals surface area (Å²) in [5.74, 6) is 1.73. The Hall–Kier alpha value is -1.31. The van der Waals surface area contributed by atoms with Crippen molar-refractivity contribution in [3.63, 3.8) is 0 Å². The minimum atomic E-state index is 0.168. The third kappa shape index (κ3) is 2.87. The first-order chi connectivity index (χ1) is 8.18. The van der Waals surface area contributed by atoms with Crippen molar-refractivity contribution >= 4 is 5.78 Å². The van der Waals surface area contributed by atoms with E-state index in [1.165, 1.54) is 19.3 Å². The predicted octanol–water partition coefficient (Wildman–Crippen LogP) is 4.36. The number of carbonyl (C=O) groups excluding carboxylic acids is 1. The Balaban J connectivity index is 2.20. The molecule has 2 nitrogen and oxygen atoms in total. The lowest BCUT2D eigenvalue weighted by Gasteiger charge is -2.09. The lowest BCUT2D eigenvalue weighted by Crippen LogP contribution is -2.05. The van der Waals surface area contributed by atoms with Crippen molar-refractivity contribution in [2.75, 3.05) is 0 Å². The topological polar surface area (TPSA) is 30.2 Å². The fourth-order valence-electron chi connectivity index (χ4n) is 2.43. The van der Waals surface area contributed by atoms with Crippen LogP contribution in [-0.2, 0) is 0 Å². The summed E-state index contributed by atoms with van der Waals surface area (Å²) in [5.41, 5.74) is 1.72. The maximum absolute atomic E-state index is 12.4. The molecule has 0 fully saturated rings. The zero-order valence-electron chi connectivity index (χ0n) is 10.7. The molecule has 0 unspecified atom stereocenters. The Labute approximate surface area is 103 Å². The van der Waals surface area contributed by atoms with Crippen molar-refractivity contribution in [1.82, 2.24) is 0 Å². The van der Waals surface area contributed by atoms with Gasteiger partial charge in [-0.25, -0.2) is 0 Å². The van der Waals surface area contributed by atoms with E-state index in [1.54, 1.807) is 0 Å². The van der Waals surface area contributed by atoms with E-state index in [0.29, 0.717) is 0 Å². The first kappa shape index (κ1) is 12.2. The third-order valence-corrected chi connectivity index (χ3v) is 3.37. The Kier molecular flexibility index (Phi) is 3.82. The van der Waals surface area contributed by atoms with Gasteiger partial charge < -0.3 is 4.42 Å². The zero-order chi connectivity index (χ0) is 12.3. The van der Waals surface area contributed by atoms with Crippen molar-refractivity contribution in [3.8, 4) is 0 Å². The highest BCUT2D eigenvalue weighted by Crippen LogP contribution is 2.23. The smallest absolute Gasteiger partial charge is 0.192 e. The van der Waals surface area contributed by atoms with Gasteiger partial charge in [0.1, 0.15) is 11.5 Å². The molecule has 92 valence electrons. The molecule has 17 heavy (non-hydrogen) atoms. The minimum absolute atomic E-state index is 0.168. The third-order valence-electron chi connectivity index (χ3n) is 3.37. The molecule has 1 aliphatic carbocycles. The number of aryl methyl sites for hydroxylation is 2. The van der Waals surface area contributed by atoms with Gasteiger partial charge in [0.25, 0.3) is 0 Å². The molecule has 0 N–H and O–H groups in total. The number of ketones is 1. The van der Waals surface area contributed by atoms with Gasteiger partial charge in [-0.2, -0.15) is 0 Å². The SMILES string of the molecule is Cc1cc(C(=O)C2=CCCCCCC2)c(C)o1. The molecule has 0 spiro atoms.